The summed E-state index contributed by atoms with van der Waals surface area (Å²) in [6.07, 6.45) is 7.14. The van der Waals surface area contributed by atoms with Crippen molar-refractivity contribution in [1.82, 2.24) is 24.5 Å². The zero-order valence-corrected chi connectivity index (χ0v) is 23.9. The van der Waals surface area contributed by atoms with Crippen molar-refractivity contribution < 1.29 is 9.18 Å². The Morgan fingerprint density at radius 3 is 2.63 bits per heavy atom. The molecule has 41 heavy (non-hydrogen) atoms. The summed E-state index contributed by atoms with van der Waals surface area (Å²) in [5, 5.41) is 4.99. The van der Waals surface area contributed by atoms with Crippen molar-refractivity contribution in [3.8, 4) is 11.4 Å². The SMILES string of the molecule is CN(C)CCCC(=O)C1CCN(c2cccc(-c3cnc4ccc(N5CCCC5c5cccc(F)c5)nn34)n2)CC1. The van der Waals surface area contributed by atoms with Gasteiger partial charge < -0.3 is 14.7 Å². The molecule has 8 nitrogen and oxygen atoms in total. The number of anilines is 2. The summed E-state index contributed by atoms with van der Waals surface area (Å²) in [5.74, 6) is 2.10. The summed E-state index contributed by atoms with van der Waals surface area (Å²) in [7, 11) is 4.09. The summed E-state index contributed by atoms with van der Waals surface area (Å²) in [6, 6.07) is 17.0. The average molecular weight is 556 g/mol. The molecule has 1 aromatic carbocycles. The zero-order chi connectivity index (χ0) is 28.3. The Labute approximate surface area is 240 Å². The van der Waals surface area contributed by atoms with Crippen LogP contribution in [0, 0.1) is 11.7 Å². The van der Waals surface area contributed by atoms with Crippen LogP contribution in [0.1, 0.15) is 50.1 Å². The normalized spacial score (nSPS) is 18.1. The van der Waals surface area contributed by atoms with E-state index in [9.17, 15) is 9.18 Å². The van der Waals surface area contributed by atoms with E-state index in [0.29, 0.717) is 12.2 Å². The van der Waals surface area contributed by atoms with E-state index in [1.54, 1.807) is 12.1 Å². The van der Waals surface area contributed by atoms with Crippen molar-refractivity contribution in [2.45, 2.75) is 44.6 Å². The molecule has 0 spiro atoms. The van der Waals surface area contributed by atoms with Gasteiger partial charge in [0.05, 0.1) is 17.9 Å². The second-order valence-electron chi connectivity index (χ2n) is 11.5. The predicted octanol–water partition coefficient (Wildman–Crippen LogP) is 5.40. The smallest absolute Gasteiger partial charge is 0.154 e. The van der Waals surface area contributed by atoms with Crippen LogP contribution in [0.5, 0.6) is 0 Å². The molecule has 0 bridgehead atoms. The number of hydrogen-bond acceptors (Lipinski definition) is 7. The Kier molecular flexibility index (Phi) is 7.96. The van der Waals surface area contributed by atoms with Gasteiger partial charge in [-0.05, 0) is 94.7 Å². The number of piperidine rings is 1. The third-order valence-corrected chi connectivity index (χ3v) is 8.43. The first-order valence-corrected chi connectivity index (χ1v) is 14.7. The molecule has 6 rings (SSSR count). The molecule has 5 heterocycles. The molecule has 1 atom stereocenters. The molecule has 4 aromatic rings. The van der Waals surface area contributed by atoms with Gasteiger partial charge in [0.25, 0.3) is 0 Å². The maximum absolute atomic E-state index is 14.0. The minimum absolute atomic E-state index is 0.0897. The standard InChI is InChI=1S/C32H38FN7O/c1-37(2)17-6-11-29(41)23-15-19-38(20-16-23)31-12-4-9-26(35-31)28-22-34-30-13-14-32(36-40(28)30)39-18-5-10-27(39)24-7-3-8-25(33)21-24/h3-4,7-9,12-14,21-23,27H,5-6,10-11,15-20H2,1-2H3. The van der Waals surface area contributed by atoms with Crippen LogP contribution in [0.2, 0.25) is 0 Å². The van der Waals surface area contributed by atoms with E-state index in [0.717, 1.165) is 92.5 Å². The summed E-state index contributed by atoms with van der Waals surface area (Å²) in [6.45, 7) is 3.47. The monoisotopic (exact) mass is 555 g/mol. The third-order valence-electron chi connectivity index (χ3n) is 8.43. The van der Waals surface area contributed by atoms with Crippen molar-refractivity contribution >= 4 is 23.1 Å². The Morgan fingerprint density at radius 1 is 1.00 bits per heavy atom. The topological polar surface area (TPSA) is 69.9 Å². The van der Waals surface area contributed by atoms with E-state index in [1.165, 1.54) is 6.07 Å². The van der Waals surface area contributed by atoms with Crippen LogP contribution < -0.4 is 9.80 Å². The number of carbonyl (C=O) groups excluding carboxylic acids is 1. The molecular weight excluding hydrogens is 517 g/mol. The van der Waals surface area contributed by atoms with Crippen LogP contribution in [0.3, 0.4) is 0 Å². The fourth-order valence-corrected chi connectivity index (χ4v) is 6.24. The maximum atomic E-state index is 14.0. The summed E-state index contributed by atoms with van der Waals surface area (Å²) >= 11 is 0. The van der Waals surface area contributed by atoms with Crippen LogP contribution in [0.15, 0.2) is 60.8 Å². The van der Waals surface area contributed by atoms with Gasteiger partial charge >= 0.3 is 0 Å². The summed E-state index contributed by atoms with van der Waals surface area (Å²) in [4.78, 5) is 29.0. The maximum Gasteiger partial charge on any atom is 0.154 e. The Balaban J connectivity index is 1.18. The van der Waals surface area contributed by atoms with Gasteiger partial charge in [-0.25, -0.2) is 18.9 Å². The number of fused-ring (bicyclic) bond motifs is 1. The Morgan fingerprint density at radius 2 is 1.83 bits per heavy atom. The number of pyridine rings is 1. The highest BCUT2D eigenvalue weighted by molar-refractivity contribution is 5.81. The van der Waals surface area contributed by atoms with Crippen molar-refractivity contribution in [1.29, 1.82) is 0 Å². The lowest BCUT2D eigenvalue weighted by Crippen LogP contribution is -2.37. The number of ketones is 1. The first kappa shape index (κ1) is 27.3. The molecule has 3 aromatic heterocycles. The molecule has 9 heteroatoms. The molecule has 0 radical (unpaired) electrons. The molecule has 0 saturated carbocycles. The van der Waals surface area contributed by atoms with E-state index in [4.69, 9.17) is 10.1 Å². The van der Waals surface area contributed by atoms with Crippen LogP contribution >= 0.6 is 0 Å². The highest BCUT2D eigenvalue weighted by atomic mass is 19.1. The summed E-state index contributed by atoms with van der Waals surface area (Å²) in [5.41, 5.74) is 3.37. The first-order valence-electron chi connectivity index (χ1n) is 14.7. The largest absolute Gasteiger partial charge is 0.357 e. The number of carbonyl (C=O) groups is 1. The molecule has 1 unspecified atom stereocenters. The van der Waals surface area contributed by atoms with Gasteiger partial charge in [0.15, 0.2) is 5.65 Å². The number of Topliss-reactive ketones (excluding diaryl/α,β-unsaturated/α-hetero) is 1. The molecule has 2 aliphatic rings. The average Bonchev–Trinajstić information content (AvgIpc) is 3.64. The molecule has 2 aliphatic heterocycles. The molecule has 0 amide bonds. The van der Waals surface area contributed by atoms with Crippen molar-refractivity contribution in [2.24, 2.45) is 5.92 Å². The molecule has 2 fully saturated rings. The van der Waals surface area contributed by atoms with Crippen molar-refractivity contribution in [3.05, 3.63) is 72.2 Å². The Bertz CT molecular complexity index is 1510. The van der Waals surface area contributed by atoms with E-state index < -0.39 is 0 Å². The minimum Gasteiger partial charge on any atom is -0.357 e. The lowest BCUT2D eigenvalue weighted by atomic mass is 9.90. The molecule has 0 aliphatic carbocycles. The highest BCUT2D eigenvalue weighted by Crippen LogP contribution is 2.36. The lowest BCUT2D eigenvalue weighted by Gasteiger charge is -2.32. The Hall–Kier alpha value is -3.85. The number of rotatable bonds is 9. The van der Waals surface area contributed by atoms with E-state index in [2.05, 4.69) is 19.7 Å². The zero-order valence-electron chi connectivity index (χ0n) is 23.9. The van der Waals surface area contributed by atoms with Gasteiger partial charge in [-0.15, -0.1) is 5.10 Å². The second kappa shape index (κ2) is 11.9. The lowest BCUT2D eigenvalue weighted by molar-refractivity contribution is -0.123. The van der Waals surface area contributed by atoms with Crippen molar-refractivity contribution in [2.75, 3.05) is 50.1 Å². The van der Waals surface area contributed by atoms with Crippen LogP contribution in [0.4, 0.5) is 16.0 Å². The van der Waals surface area contributed by atoms with Crippen molar-refractivity contribution in [3.63, 3.8) is 0 Å². The van der Waals surface area contributed by atoms with Crippen LogP contribution in [0.25, 0.3) is 17.0 Å². The van der Waals surface area contributed by atoms with Gasteiger partial charge in [0.1, 0.15) is 28.9 Å². The molecule has 2 saturated heterocycles. The molecular formula is C32H38FN7O. The number of nitrogens with zero attached hydrogens (tertiary/aromatic N) is 7. The van der Waals surface area contributed by atoms with Gasteiger partial charge in [0, 0.05) is 32.0 Å². The highest BCUT2D eigenvalue weighted by Gasteiger charge is 2.28. The number of imidazole rings is 1. The number of benzene rings is 1. The molecule has 0 N–H and O–H groups in total. The minimum atomic E-state index is -0.212. The van der Waals surface area contributed by atoms with Crippen LogP contribution in [-0.2, 0) is 4.79 Å². The first-order chi connectivity index (χ1) is 20.0. The quantitative estimate of drug-likeness (QED) is 0.274. The van der Waals surface area contributed by atoms with Crippen LogP contribution in [-0.4, -0.2) is 70.5 Å². The number of halogens is 1. The van der Waals surface area contributed by atoms with Gasteiger partial charge in [-0.2, -0.15) is 0 Å². The van der Waals surface area contributed by atoms with E-state index >= 15 is 0 Å². The van der Waals surface area contributed by atoms with E-state index in [-0.39, 0.29) is 17.8 Å². The van der Waals surface area contributed by atoms with E-state index in [1.807, 2.05) is 61.2 Å². The van der Waals surface area contributed by atoms with Gasteiger partial charge in [-0.1, -0.05) is 18.2 Å². The second-order valence-corrected chi connectivity index (χ2v) is 11.5. The number of aromatic nitrogens is 4. The number of hydrogen-bond donors (Lipinski definition) is 0. The predicted molar refractivity (Wildman–Crippen MR) is 160 cm³/mol. The third kappa shape index (κ3) is 5.95. The van der Waals surface area contributed by atoms with Gasteiger partial charge in [0.2, 0.25) is 0 Å². The molecule has 214 valence electrons. The fourth-order valence-electron chi connectivity index (χ4n) is 6.24. The van der Waals surface area contributed by atoms with Gasteiger partial charge in [-0.3, -0.25) is 4.79 Å². The fraction of sp³-hybridized carbons (Fsp3) is 0.438. The summed E-state index contributed by atoms with van der Waals surface area (Å²) < 4.78 is 15.8.